The first-order valence-electron chi connectivity index (χ1n) is 7.52. The summed E-state index contributed by atoms with van der Waals surface area (Å²) < 4.78 is 14.4. The highest BCUT2D eigenvalue weighted by atomic mass is 35.5. The normalized spacial score (nSPS) is 10.7. The lowest BCUT2D eigenvalue weighted by Crippen LogP contribution is -2.22. The predicted molar refractivity (Wildman–Crippen MR) is 102 cm³/mol. The molecule has 3 rings (SSSR count). The molecular weight excluding hydrogens is 339 g/mol. The van der Waals surface area contributed by atoms with Gasteiger partial charge in [0.1, 0.15) is 5.82 Å². The summed E-state index contributed by atoms with van der Waals surface area (Å²) in [7, 11) is 0. The lowest BCUT2D eigenvalue weighted by molar-refractivity contribution is 0.631. The second-order valence-electron chi connectivity index (χ2n) is 5.58. The summed E-state index contributed by atoms with van der Waals surface area (Å²) in [4.78, 5) is 8.45. The molecule has 0 amide bonds. The minimum absolute atomic E-state index is 0.0838. The van der Waals surface area contributed by atoms with Crippen molar-refractivity contribution in [3.63, 3.8) is 0 Å². The van der Waals surface area contributed by atoms with Crippen molar-refractivity contribution >= 4 is 34.2 Å². The molecule has 0 aliphatic carbocycles. The highest BCUT2D eigenvalue weighted by Crippen LogP contribution is 2.38. The summed E-state index contributed by atoms with van der Waals surface area (Å²) in [6, 6.07) is 11.9. The lowest BCUT2D eigenvalue weighted by Gasteiger charge is -2.13. The molecule has 0 atom stereocenters. The molecule has 4 nitrogen and oxygen atoms in total. The van der Waals surface area contributed by atoms with Crippen LogP contribution < -0.4 is 11.5 Å². The van der Waals surface area contributed by atoms with Crippen molar-refractivity contribution in [2.24, 2.45) is 16.5 Å². The van der Waals surface area contributed by atoms with Crippen molar-refractivity contribution < 1.29 is 4.39 Å². The molecule has 1 heterocycles. The van der Waals surface area contributed by atoms with Gasteiger partial charge in [-0.25, -0.2) is 9.38 Å². The number of nitrogens with zero attached hydrogens (tertiary/aromatic N) is 2. The molecule has 0 bridgehead atoms. The highest BCUT2D eigenvalue weighted by molar-refractivity contribution is 6.35. The first-order chi connectivity index (χ1) is 11.9. The molecule has 6 heteroatoms. The van der Waals surface area contributed by atoms with Crippen LogP contribution in [0.15, 0.2) is 54.0 Å². The van der Waals surface area contributed by atoms with Crippen LogP contribution in [0.25, 0.3) is 27.7 Å². The van der Waals surface area contributed by atoms with Gasteiger partial charge in [-0.15, -0.1) is 0 Å². The van der Waals surface area contributed by atoms with Crippen LogP contribution in [0.3, 0.4) is 0 Å². The Morgan fingerprint density at radius 3 is 2.60 bits per heavy atom. The Hall–Kier alpha value is -2.92. The van der Waals surface area contributed by atoms with Crippen LogP contribution in [-0.4, -0.2) is 10.9 Å². The van der Waals surface area contributed by atoms with E-state index >= 15 is 0 Å². The largest absolute Gasteiger partial charge is 0.370 e. The van der Waals surface area contributed by atoms with Crippen LogP contribution in [0.4, 0.5) is 4.39 Å². The van der Waals surface area contributed by atoms with E-state index in [4.69, 9.17) is 23.1 Å². The molecule has 0 aliphatic rings. The Morgan fingerprint density at radius 2 is 1.92 bits per heavy atom. The molecule has 0 spiro atoms. The van der Waals surface area contributed by atoms with Crippen molar-refractivity contribution in [3.8, 4) is 11.1 Å². The first kappa shape index (κ1) is 16.9. The van der Waals surface area contributed by atoms with Gasteiger partial charge in [-0.2, -0.15) is 0 Å². The van der Waals surface area contributed by atoms with Gasteiger partial charge < -0.3 is 11.5 Å². The maximum Gasteiger partial charge on any atom is 0.191 e. The van der Waals surface area contributed by atoms with Crippen LogP contribution in [0.5, 0.6) is 0 Å². The number of benzene rings is 2. The zero-order valence-corrected chi connectivity index (χ0v) is 14.3. The van der Waals surface area contributed by atoms with Crippen molar-refractivity contribution in [1.82, 2.24) is 4.98 Å². The molecule has 2 aromatic carbocycles. The molecule has 0 fully saturated rings. The van der Waals surface area contributed by atoms with Gasteiger partial charge in [0, 0.05) is 22.1 Å². The van der Waals surface area contributed by atoms with E-state index in [2.05, 4.69) is 16.6 Å². The maximum atomic E-state index is 14.4. The lowest BCUT2D eigenvalue weighted by atomic mass is 9.97. The number of rotatable bonds is 3. The number of hydrogen-bond acceptors (Lipinski definition) is 2. The van der Waals surface area contributed by atoms with Crippen molar-refractivity contribution in [2.75, 3.05) is 0 Å². The van der Waals surface area contributed by atoms with Crippen LogP contribution in [0.1, 0.15) is 11.3 Å². The van der Waals surface area contributed by atoms with Crippen LogP contribution >= 0.6 is 11.6 Å². The summed E-state index contributed by atoms with van der Waals surface area (Å²) in [6.45, 7) is 5.65. The molecule has 126 valence electrons. The Bertz CT molecular complexity index is 1020. The van der Waals surface area contributed by atoms with Crippen molar-refractivity contribution in [1.29, 1.82) is 0 Å². The molecule has 0 aliphatic heterocycles. The third-order valence-corrected chi connectivity index (χ3v) is 4.29. The van der Waals surface area contributed by atoms with Crippen LogP contribution in [0.2, 0.25) is 5.02 Å². The fourth-order valence-corrected chi connectivity index (χ4v) is 2.94. The second-order valence-corrected chi connectivity index (χ2v) is 5.96. The van der Waals surface area contributed by atoms with E-state index in [1.54, 1.807) is 25.1 Å². The van der Waals surface area contributed by atoms with Gasteiger partial charge in [-0.1, -0.05) is 42.4 Å². The van der Waals surface area contributed by atoms with Crippen molar-refractivity contribution in [2.45, 2.75) is 6.92 Å². The molecule has 25 heavy (non-hydrogen) atoms. The molecule has 1 aromatic heterocycles. The van der Waals surface area contributed by atoms with Crippen LogP contribution in [0, 0.1) is 12.7 Å². The number of halogens is 2. The topological polar surface area (TPSA) is 77.3 Å². The zero-order chi connectivity index (χ0) is 18.1. The fraction of sp³-hybridized carbons (Fsp3) is 0.0526. The van der Waals surface area contributed by atoms with Gasteiger partial charge in [0.05, 0.1) is 21.9 Å². The number of guanidine groups is 1. The molecule has 0 saturated heterocycles. The summed E-state index contributed by atoms with van der Waals surface area (Å²) in [6.07, 6.45) is 0. The molecule has 0 unspecified atom stereocenters. The highest BCUT2D eigenvalue weighted by Gasteiger charge is 2.16. The monoisotopic (exact) mass is 354 g/mol. The predicted octanol–water partition coefficient (Wildman–Crippen LogP) is 4.25. The van der Waals surface area contributed by atoms with E-state index in [1.165, 1.54) is 6.07 Å². The van der Waals surface area contributed by atoms with Gasteiger partial charge in [0.25, 0.3) is 0 Å². The Morgan fingerprint density at radius 1 is 1.20 bits per heavy atom. The smallest absolute Gasteiger partial charge is 0.191 e. The van der Waals surface area contributed by atoms with Crippen LogP contribution in [-0.2, 0) is 0 Å². The Balaban J connectivity index is 2.34. The summed E-state index contributed by atoms with van der Waals surface area (Å²) in [5.74, 6) is -0.441. The van der Waals surface area contributed by atoms with E-state index in [-0.39, 0.29) is 11.8 Å². The Kier molecular flexibility index (Phi) is 4.42. The van der Waals surface area contributed by atoms with Gasteiger partial charge in [-0.05, 0) is 25.1 Å². The Labute approximate surface area is 149 Å². The average Bonchev–Trinajstić information content (AvgIpc) is 2.56. The summed E-state index contributed by atoms with van der Waals surface area (Å²) >= 11 is 6.48. The third-order valence-electron chi connectivity index (χ3n) is 3.83. The quantitative estimate of drug-likeness (QED) is 0.545. The van der Waals surface area contributed by atoms with E-state index in [0.29, 0.717) is 44.0 Å². The van der Waals surface area contributed by atoms with E-state index in [0.717, 1.165) is 0 Å². The SMILES string of the molecule is C=C(N=C(N)N)c1ccc2nc(C)c(Cl)c(-c3ccccc3F)c2c1. The van der Waals surface area contributed by atoms with Gasteiger partial charge in [-0.3, -0.25) is 4.98 Å². The maximum absolute atomic E-state index is 14.4. The van der Waals surface area contributed by atoms with E-state index < -0.39 is 0 Å². The third kappa shape index (κ3) is 3.19. The standard InChI is InChI=1S/C19H16ClFN4/c1-10(25-19(22)23)12-7-8-16-14(9-12)17(18(20)11(2)24-16)13-5-3-4-6-15(13)21/h3-9H,1H2,2H3,(H4,22,23,25). The van der Waals surface area contributed by atoms with E-state index in [1.807, 2.05) is 18.2 Å². The van der Waals surface area contributed by atoms with E-state index in [9.17, 15) is 4.39 Å². The second kappa shape index (κ2) is 6.53. The summed E-state index contributed by atoms with van der Waals surface area (Å²) in [5, 5.41) is 1.10. The molecule has 0 radical (unpaired) electrons. The molecular formula is C19H16ClFN4. The molecule has 0 saturated carbocycles. The minimum atomic E-state index is -0.357. The minimum Gasteiger partial charge on any atom is -0.370 e. The number of nitrogens with two attached hydrogens (primary N) is 2. The number of aliphatic imine (C=N–C) groups is 1. The molecule has 4 N–H and O–H groups in total. The average molecular weight is 355 g/mol. The van der Waals surface area contributed by atoms with Gasteiger partial charge >= 0.3 is 0 Å². The fourth-order valence-electron chi connectivity index (χ4n) is 2.69. The van der Waals surface area contributed by atoms with Gasteiger partial charge in [0.15, 0.2) is 5.96 Å². The summed E-state index contributed by atoms with van der Waals surface area (Å²) in [5.41, 5.74) is 14.2. The number of aromatic nitrogens is 1. The number of pyridine rings is 1. The number of hydrogen-bond donors (Lipinski definition) is 2. The first-order valence-corrected chi connectivity index (χ1v) is 7.90. The molecule has 3 aromatic rings. The number of fused-ring (bicyclic) bond motifs is 1. The zero-order valence-electron chi connectivity index (χ0n) is 13.6. The van der Waals surface area contributed by atoms with Crippen molar-refractivity contribution in [3.05, 3.63) is 71.1 Å². The van der Waals surface area contributed by atoms with Gasteiger partial charge in [0.2, 0.25) is 0 Å². The number of aryl methyl sites for hydroxylation is 1.